The third kappa shape index (κ3) is 2.16. The number of hydrogen-bond donors (Lipinski definition) is 1. The van der Waals surface area contributed by atoms with Gasteiger partial charge in [-0.3, -0.25) is 0 Å². The highest BCUT2D eigenvalue weighted by Crippen LogP contribution is 2.31. The van der Waals surface area contributed by atoms with E-state index in [1.54, 1.807) is 11.3 Å². The highest BCUT2D eigenvalue weighted by Gasteiger charge is 2.27. The third-order valence-electron chi connectivity index (χ3n) is 3.49. The number of H-pyrrole nitrogens is 1. The van der Waals surface area contributed by atoms with Crippen molar-refractivity contribution in [2.75, 3.05) is 0 Å². The molecule has 0 amide bonds. The lowest BCUT2D eigenvalue weighted by Gasteiger charge is -2.15. The molecule has 8 heteroatoms. The average Bonchev–Trinajstić information content (AvgIpc) is 3.17. The van der Waals surface area contributed by atoms with Crippen molar-refractivity contribution in [1.82, 2.24) is 25.6 Å². The van der Waals surface area contributed by atoms with Crippen LogP contribution in [0.25, 0.3) is 11.4 Å². The zero-order valence-electron chi connectivity index (χ0n) is 10.3. The van der Waals surface area contributed by atoms with Gasteiger partial charge in [0.25, 0.3) is 0 Å². The molecule has 0 spiro atoms. The van der Waals surface area contributed by atoms with Crippen molar-refractivity contribution in [1.29, 1.82) is 0 Å². The molecule has 4 rings (SSSR count). The molecule has 1 unspecified atom stereocenters. The van der Waals surface area contributed by atoms with Crippen molar-refractivity contribution in [2.45, 2.75) is 25.2 Å². The minimum absolute atomic E-state index is 0.242. The molecule has 0 aromatic carbocycles. The van der Waals surface area contributed by atoms with Gasteiger partial charge in [0, 0.05) is 23.3 Å². The molecule has 1 N–H and O–H groups in total. The molecule has 0 saturated carbocycles. The van der Waals surface area contributed by atoms with Crippen LogP contribution in [0.1, 0.15) is 29.6 Å². The maximum Gasteiger partial charge on any atom is 0.230 e. The number of aryl methyl sites for hydroxylation is 1. The van der Waals surface area contributed by atoms with Crippen LogP contribution >= 0.6 is 33.9 Å². The van der Waals surface area contributed by atoms with Gasteiger partial charge >= 0.3 is 0 Å². The number of rotatable bonds is 2. The predicted molar refractivity (Wildman–Crippen MR) is 81.5 cm³/mol. The van der Waals surface area contributed by atoms with E-state index in [0.717, 1.165) is 36.2 Å². The number of fused-ring (bicyclic) bond motifs is 1. The van der Waals surface area contributed by atoms with E-state index >= 15 is 0 Å². The second-order valence-electron chi connectivity index (χ2n) is 4.75. The fraction of sp³-hybridized carbons (Fsp3) is 0.333. The van der Waals surface area contributed by atoms with Gasteiger partial charge in [0.1, 0.15) is 0 Å². The lowest BCUT2D eigenvalue weighted by atomic mass is 9.90. The first-order valence-corrected chi connectivity index (χ1v) is 8.22. The molecule has 0 fully saturated rings. The van der Waals surface area contributed by atoms with Gasteiger partial charge in [-0.1, -0.05) is 5.16 Å². The van der Waals surface area contributed by atoms with Crippen LogP contribution in [0.4, 0.5) is 0 Å². The summed E-state index contributed by atoms with van der Waals surface area (Å²) in [6, 6.07) is 2.07. The number of halogens is 1. The second kappa shape index (κ2) is 4.92. The second-order valence-corrected chi connectivity index (χ2v) is 7.56. The number of hydrogen-bond acceptors (Lipinski definition) is 6. The molecule has 0 radical (unpaired) electrons. The van der Waals surface area contributed by atoms with Gasteiger partial charge in [0.2, 0.25) is 11.7 Å². The van der Waals surface area contributed by atoms with E-state index in [9.17, 15) is 0 Å². The molecular formula is C12H10IN5OS. The van der Waals surface area contributed by atoms with Crippen LogP contribution in [-0.4, -0.2) is 25.6 Å². The molecule has 1 atom stereocenters. The van der Waals surface area contributed by atoms with Crippen LogP contribution in [0, 0.1) is 2.88 Å². The molecule has 3 heterocycles. The highest BCUT2D eigenvalue weighted by molar-refractivity contribution is 14.1. The lowest BCUT2D eigenvalue weighted by Crippen LogP contribution is -2.13. The summed E-state index contributed by atoms with van der Waals surface area (Å²) in [5.41, 5.74) is 3.10. The number of nitrogens with zero attached hydrogens (tertiary/aromatic N) is 4. The standard InChI is InChI=1S/C12H10IN5OS/c13-10-4-7(5-20-10)11-14-12(19-17-11)6-1-2-8-9(3-6)16-18-15-8/h4-6H,1-3H2,(H,15,16,18). The Morgan fingerprint density at radius 3 is 3.10 bits per heavy atom. The van der Waals surface area contributed by atoms with Crippen LogP contribution in [0.2, 0.25) is 0 Å². The van der Waals surface area contributed by atoms with E-state index in [-0.39, 0.29) is 5.92 Å². The summed E-state index contributed by atoms with van der Waals surface area (Å²) in [7, 11) is 0. The van der Waals surface area contributed by atoms with Gasteiger partial charge in [0.05, 0.1) is 14.3 Å². The van der Waals surface area contributed by atoms with E-state index in [4.69, 9.17) is 4.52 Å². The largest absolute Gasteiger partial charge is 0.339 e. The van der Waals surface area contributed by atoms with Crippen molar-refractivity contribution in [3.05, 3.63) is 31.6 Å². The molecule has 1 aliphatic rings. The molecule has 1 aliphatic carbocycles. The molecule has 3 aromatic heterocycles. The Kier molecular flexibility index (Phi) is 3.06. The summed E-state index contributed by atoms with van der Waals surface area (Å²) >= 11 is 3.97. The van der Waals surface area contributed by atoms with Crippen molar-refractivity contribution in [3.8, 4) is 11.4 Å². The van der Waals surface area contributed by atoms with Crippen LogP contribution in [0.5, 0.6) is 0 Å². The maximum atomic E-state index is 5.44. The van der Waals surface area contributed by atoms with Crippen LogP contribution in [-0.2, 0) is 12.8 Å². The van der Waals surface area contributed by atoms with Crippen molar-refractivity contribution in [3.63, 3.8) is 0 Å². The van der Waals surface area contributed by atoms with Gasteiger partial charge in [-0.2, -0.15) is 20.4 Å². The van der Waals surface area contributed by atoms with Gasteiger partial charge in [0.15, 0.2) is 0 Å². The van der Waals surface area contributed by atoms with Crippen LogP contribution in [0.15, 0.2) is 16.0 Å². The Morgan fingerprint density at radius 1 is 1.35 bits per heavy atom. The number of nitrogens with one attached hydrogen (secondary N) is 1. The van der Waals surface area contributed by atoms with E-state index < -0.39 is 0 Å². The SMILES string of the molecule is Ic1cc(-c2noc(C3CCc4n[nH]nc4C3)n2)cs1. The van der Waals surface area contributed by atoms with E-state index in [1.165, 1.54) is 2.88 Å². The normalized spacial score (nSPS) is 18.1. The smallest absolute Gasteiger partial charge is 0.230 e. The van der Waals surface area contributed by atoms with Crippen LogP contribution in [0.3, 0.4) is 0 Å². The molecule has 0 bridgehead atoms. The van der Waals surface area contributed by atoms with Crippen molar-refractivity contribution < 1.29 is 4.52 Å². The molecule has 20 heavy (non-hydrogen) atoms. The fourth-order valence-electron chi connectivity index (χ4n) is 2.44. The lowest BCUT2D eigenvalue weighted by molar-refractivity contribution is 0.339. The predicted octanol–water partition coefficient (Wildman–Crippen LogP) is 2.79. The summed E-state index contributed by atoms with van der Waals surface area (Å²) in [4.78, 5) is 4.54. The molecule has 3 aromatic rings. The molecular weight excluding hydrogens is 389 g/mol. The zero-order chi connectivity index (χ0) is 13.5. The molecule has 0 saturated heterocycles. The average molecular weight is 399 g/mol. The van der Waals surface area contributed by atoms with Crippen molar-refractivity contribution in [2.24, 2.45) is 0 Å². The van der Waals surface area contributed by atoms with Gasteiger partial charge < -0.3 is 4.52 Å². The first-order chi connectivity index (χ1) is 9.79. The van der Waals surface area contributed by atoms with Gasteiger partial charge in [-0.25, -0.2) is 0 Å². The third-order valence-corrected chi connectivity index (χ3v) is 5.28. The maximum absolute atomic E-state index is 5.44. The Bertz CT molecular complexity index is 748. The van der Waals surface area contributed by atoms with Gasteiger partial charge in [-0.05, 0) is 41.5 Å². The number of aromatic nitrogens is 5. The Labute approximate surface area is 132 Å². The Morgan fingerprint density at radius 2 is 2.25 bits per heavy atom. The summed E-state index contributed by atoms with van der Waals surface area (Å²) in [5, 5.41) is 17.1. The molecule has 102 valence electrons. The highest BCUT2D eigenvalue weighted by atomic mass is 127. The first-order valence-electron chi connectivity index (χ1n) is 6.26. The van der Waals surface area contributed by atoms with Crippen molar-refractivity contribution >= 4 is 33.9 Å². The minimum Gasteiger partial charge on any atom is -0.339 e. The number of thiophene rings is 1. The van der Waals surface area contributed by atoms with E-state index in [2.05, 4.69) is 54.2 Å². The summed E-state index contributed by atoms with van der Waals surface area (Å²) in [6.45, 7) is 0. The van der Waals surface area contributed by atoms with E-state index in [1.807, 2.05) is 5.38 Å². The quantitative estimate of drug-likeness (QED) is 0.671. The Hall–Kier alpha value is -1.29. The van der Waals surface area contributed by atoms with Gasteiger partial charge in [-0.15, -0.1) is 11.3 Å². The zero-order valence-corrected chi connectivity index (χ0v) is 13.3. The monoisotopic (exact) mass is 399 g/mol. The first kappa shape index (κ1) is 12.5. The topological polar surface area (TPSA) is 80.5 Å². The fourth-order valence-corrected chi connectivity index (χ4v) is 3.77. The molecule has 0 aliphatic heterocycles. The summed E-state index contributed by atoms with van der Waals surface area (Å²) in [5.74, 6) is 1.62. The van der Waals surface area contributed by atoms with Crippen LogP contribution < -0.4 is 0 Å². The summed E-state index contributed by atoms with van der Waals surface area (Å²) in [6.07, 6.45) is 2.70. The molecule has 6 nitrogen and oxygen atoms in total. The summed E-state index contributed by atoms with van der Waals surface area (Å²) < 4.78 is 6.66. The Balaban J connectivity index is 1.60. The van der Waals surface area contributed by atoms with E-state index in [0.29, 0.717) is 11.7 Å². The minimum atomic E-state index is 0.242. The number of aromatic amines is 1.